The van der Waals surface area contributed by atoms with Crippen molar-refractivity contribution in [2.24, 2.45) is 5.92 Å². The highest BCUT2D eigenvalue weighted by atomic mass is 16.5. The molecule has 1 saturated heterocycles. The largest absolute Gasteiger partial charge is 0.360 e. The van der Waals surface area contributed by atoms with Crippen LogP contribution in [0.3, 0.4) is 0 Å². The van der Waals surface area contributed by atoms with Gasteiger partial charge >= 0.3 is 0 Å². The zero-order chi connectivity index (χ0) is 14.8. The maximum absolute atomic E-state index is 12.5. The second-order valence-electron chi connectivity index (χ2n) is 5.66. The summed E-state index contributed by atoms with van der Waals surface area (Å²) in [4.78, 5) is 14.7. The van der Waals surface area contributed by atoms with Gasteiger partial charge in [-0.1, -0.05) is 35.5 Å². The molecule has 110 valence electrons. The maximum atomic E-state index is 12.5. The van der Waals surface area contributed by atoms with Crippen LogP contribution in [0.25, 0.3) is 0 Å². The Balaban J connectivity index is 1.77. The number of likely N-dealkylation sites (tertiary alicyclic amines) is 1. The van der Waals surface area contributed by atoms with Gasteiger partial charge in [-0.15, -0.1) is 0 Å². The van der Waals surface area contributed by atoms with E-state index >= 15 is 0 Å². The van der Waals surface area contributed by atoms with Crippen LogP contribution in [0.4, 0.5) is 5.82 Å². The Hall–Kier alpha value is -2.14. The van der Waals surface area contributed by atoms with Crippen LogP contribution in [0, 0.1) is 12.8 Å². The molecule has 0 spiro atoms. The van der Waals surface area contributed by atoms with Crippen LogP contribution < -0.4 is 5.32 Å². The standard InChI is InChI=1S/C16H19N3O2/c1-11-8-15(18-21-11)17-16(20)14-10-19(2)9-13(14)12-6-4-3-5-7-12/h3-8,13-14H,9-10H2,1-2H3,(H,17,18,20)/t13-,14-/m0/s1. The number of benzene rings is 1. The summed E-state index contributed by atoms with van der Waals surface area (Å²) in [7, 11) is 2.05. The van der Waals surface area contributed by atoms with E-state index in [2.05, 4.69) is 27.5 Å². The first-order chi connectivity index (χ1) is 10.1. The van der Waals surface area contributed by atoms with Crippen LogP contribution in [0.2, 0.25) is 0 Å². The summed E-state index contributed by atoms with van der Waals surface area (Å²) in [5, 5.41) is 6.68. The molecule has 3 rings (SSSR count). The van der Waals surface area contributed by atoms with E-state index in [0.717, 1.165) is 13.1 Å². The fourth-order valence-corrected chi connectivity index (χ4v) is 2.95. The normalized spacial score (nSPS) is 22.4. The number of carbonyl (C=O) groups is 1. The van der Waals surface area contributed by atoms with Crippen molar-refractivity contribution in [3.8, 4) is 0 Å². The molecule has 1 amide bonds. The molecule has 2 atom stereocenters. The Morgan fingerprint density at radius 1 is 1.33 bits per heavy atom. The first-order valence-electron chi connectivity index (χ1n) is 7.11. The van der Waals surface area contributed by atoms with E-state index in [1.54, 1.807) is 13.0 Å². The van der Waals surface area contributed by atoms with Crippen LogP contribution in [0.1, 0.15) is 17.2 Å². The van der Waals surface area contributed by atoms with E-state index in [0.29, 0.717) is 11.6 Å². The highest BCUT2D eigenvalue weighted by molar-refractivity contribution is 5.92. The number of aryl methyl sites for hydroxylation is 1. The van der Waals surface area contributed by atoms with Gasteiger partial charge < -0.3 is 14.7 Å². The van der Waals surface area contributed by atoms with Gasteiger partial charge in [0.05, 0.1) is 5.92 Å². The predicted octanol–water partition coefficient (Wildman–Crippen LogP) is 2.27. The lowest BCUT2D eigenvalue weighted by Gasteiger charge is -2.17. The third kappa shape index (κ3) is 2.97. The van der Waals surface area contributed by atoms with Gasteiger partial charge in [0, 0.05) is 25.1 Å². The third-order valence-corrected chi connectivity index (χ3v) is 3.95. The van der Waals surface area contributed by atoms with Crippen molar-refractivity contribution in [3.05, 3.63) is 47.7 Å². The minimum Gasteiger partial charge on any atom is -0.360 e. The average Bonchev–Trinajstić information content (AvgIpc) is 3.06. The number of amides is 1. The SMILES string of the molecule is Cc1cc(NC(=O)[C@H]2CN(C)C[C@H]2c2ccccc2)no1. The fraction of sp³-hybridized carbons (Fsp3) is 0.375. The molecule has 1 aromatic heterocycles. The molecule has 2 aromatic rings. The summed E-state index contributed by atoms with van der Waals surface area (Å²) >= 11 is 0. The molecule has 0 aliphatic carbocycles. The Labute approximate surface area is 123 Å². The van der Waals surface area contributed by atoms with Crippen molar-refractivity contribution < 1.29 is 9.32 Å². The Morgan fingerprint density at radius 3 is 2.76 bits per heavy atom. The first kappa shape index (κ1) is 13.8. The van der Waals surface area contributed by atoms with Crippen LogP contribution in [0.15, 0.2) is 40.9 Å². The Kier molecular flexibility index (Phi) is 3.75. The maximum Gasteiger partial charge on any atom is 0.230 e. The smallest absolute Gasteiger partial charge is 0.230 e. The molecule has 2 heterocycles. The van der Waals surface area contributed by atoms with E-state index in [1.807, 2.05) is 25.2 Å². The third-order valence-electron chi connectivity index (χ3n) is 3.95. The summed E-state index contributed by atoms with van der Waals surface area (Å²) in [6, 6.07) is 11.9. The van der Waals surface area contributed by atoms with Crippen LogP contribution in [0.5, 0.6) is 0 Å². The monoisotopic (exact) mass is 285 g/mol. The van der Waals surface area contributed by atoms with E-state index in [9.17, 15) is 4.79 Å². The highest BCUT2D eigenvalue weighted by Crippen LogP contribution is 2.32. The summed E-state index contributed by atoms with van der Waals surface area (Å²) in [5.74, 6) is 1.31. The topological polar surface area (TPSA) is 58.4 Å². The molecule has 1 aromatic carbocycles. The van der Waals surface area contributed by atoms with Gasteiger partial charge in [0.1, 0.15) is 5.76 Å². The minimum absolute atomic E-state index is 0.00139. The van der Waals surface area contributed by atoms with Gasteiger partial charge in [-0.3, -0.25) is 4.79 Å². The number of carbonyl (C=O) groups excluding carboxylic acids is 1. The van der Waals surface area contributed by atoms with Crippen molar-refractivity contribution in [1.82, 2.24) is 10.1 Å². The van der Waals surface area contributed by atoms with Gasteiger partial charge in [0.25, 0.3) is 0 Å². The van der Waals surface area contributed by atoms with Gasteiger partial charge in [-0.25, -0.2) is 0 Å². The van der Waals surface area contributed by atoms with Crippen molar-refractivity contribution in [1.29, 1.82) is 0 Å². The van der Waals surface area contributed by atoms with Gasteiger partial charge in [0.15, 0.2) is 5.82 Å². The van der Waals surface area contributed by atoms with Crippen LogP contribution in [-0.4, -0.2) is 36.1 Å². The fourth-order valence-electron chi connectivity index (χ4n) is 2.95. The van der Waals surface area contributed by atoms with Crippen molar-refractivity contribution >= 4 is 11.7 Å². The number of hydrogen-bond donors (Lipinski definition) is 1. The molecule has 5 heteroatoms. The molecule has 1 aliphatic rings. The van der Waals surface area contributed by atoms with Crippen molar-refractivity contribution in [3.63, 3.8) is 0 Å². The lowest BCUT2D eigenvalue weighted by atomic mass is 9.88. The van der Waals surface area contributed by atoms with Gasteiger partial charge in [0.2, 0.25) is 5.91 Å². The number of nitrogens with one attached hydrogen (secondary N) is 1. The molecule has 1 aliphatic heterocycles. The van der Waals surface area contributed by atoms with E-state index in [4.69, 9.17) is 4.52 Å². The Morgan fingerprint density at radius 2 is 2.10 bits per heavy atom. The molecular weight excluding hydrogens is 266 g/mol. The summed E-state index contributed by atoms with van der Waals surface area (Å²) in [6.45, 7) is 3.45. The van der Waals surface area contributed by atoms with Crippen molar-refractivity contribution in [2.75, 3.05) is 25.5 Å². The van der Waals surface area contributed by atoms with Gasteiger partial charge in [-0.2, -0.15) is 0 Å². The molecule has 0 unspecified atom stereocenters. The first-order valence-corrected chi connectivity index (χ1v) is 7.11. The number of likely N-dealkylation sites (N-methyl/N-ethyl adjacent to an activating group) is 1. The van der Waals surface area contributed by atoms with E-state index in [1.165, 1.54) is 5.56 Å². The highest BCUT2D eigenvalue weighted by Gasteiger charge is 2.37. The molecule has 0 radical (unpaired) electrons. The number of nitrogens with zero attached hydrogens (tertiary/aromatic N) is 2. The van der Waals surface area contributed by atoms with Crippen molar-refractivity contribution in [2.45, 2.75) is 12.8 Å². The molecule has 21 heavy (non-hydrogen) atoms. The second kappa shape index (κ2) is 5.69. The summed E-state index contributed by atoms with van der Waals surface area (Å²) in [5.41, 5.74) is 1.21. The summed E-state index contributed by atoms with van der Waals surface area (Å²) in [6.07, 6.45) is 0. The lowest BCUT2D eigenvalue weighted by Crippen LogP contribution is -2.28. The number of aromatic nitrogens is 1. The van der Waals surface area contributed by atoms with Crippen LogP contribution >= 0.6 is 0 Å². The molecule has 1 N–H and O–H groups in total. The lowest BCUT2D eigenvalue weighted by molar-refractivity contribution is -0.119. The van der Waals surface area contributed by atoms with Gasteiger partial charge in [-0.05, 0) is 19.5 Å². The van der Waals surface area contributed by atoms with Crippen LogP contribution in [-0.2, 0) is 4.79 Å². The predicted molar refractivity (Wildman–Crippen MR) is 80.0 cm³/mol. The minimum atomic E-state index is -0.0746. The number of hydrogen-bond acceptors (Lipinski definition) is 4. The quantitative estimate of drug-likeness (QED) is 0.940. The molecule has 0 saturated carbocycles. The zero-order valence-electron chi connectivity index (χ0n) is 12.2. The average molecular weight is 285 g/mol. The number of anilines is 1. The molecule has 5 nitrogen and oxygen atoms in total. The van der Waals surface area contributed by atoms with E-state index < -0.39 is 0 Å². The van der Waals surface area contributed by atoms with E-state index in [-0.39, 0.29) is 17.7 Å². The number of rotatable bonds is 3. The molecular formula is C16H19N3O2. The molecule has 1 fully saturated rings. The molecule has 0 bridgehead atoms. The zero-order valence-corrected chi connectivity index (χ0v) is 12.2. The Bertz CT molecular complexity index is 623. The second-order valence-corrected chi connectivity index (χ2v) is 5.66. The summed E-state index contributed by atoms with van der Waals surface area (Å²) < 4.78 is 4.99.